The Kier molecular flexibility index (Phi) is 4.01. The molecule has 0 amide bonds. The summed E-state index contributed by atoms with van der Waals surface area (Å²) < 4.78 is 6.46. The highest BCUT2D eigenvalue weighted by atomic mass is 28.4. The van der Waals surface area contributed by atoms with E-state index >= 15 is 0 Å². The molecule has 0 bridgehead atoms. The molecule has 0 atom stereocenters. The van der Waals surface area contributed by atoms with Gasteiger partial charge in [0.2, 0.25) is 8.32 Å². The van der Waals surface area contributed by atoms with E-state index in [1.54, 1.807) is 0 Å². The quantitative estimate of drug-likeness (QED) is 0.693. The van der Waals surface area contributed by atoms with Gasteiger partial charge in [-0.05, 0) is 66.4 Å². The number of fused-ring (bicyclic) bond motifs is 2. The predicted octanol–water partition coefficient (Wildman–Crippen LogP) is 5.91. The maximum Gasteiger partial charge on any atom is 0.250 e. The highest BCUT2D eigenvalue weighted by Gasteiger charge is 2.39. The van der Waals surface area contributed by atoms with Gasteiger partial charge in [0.05, 0.1) is 0 Å². The third-order valence-electron chi connectivity index (χ3n) is 5.21. The van der Waals surface area contributed by atoms with Gasteiger partial charge in [0.25, 0.3) is 0 Å². The first-order chi connectivity index (χ1) is 10.8. The van der Waals surface area contributed by atoms with Gasteiger partial charge in [0, 0.05) is 11.4 Å². The Morgan fingerprint density at radius 1 is 0.913 bits per heavy atom. The van der Waals surface area contributed by atoms with E-state index in [4.69, 9.17) is 4.43 Å². The van der Waals surface area contributed by atoms with Crippen molar-refractivity contribution in [3.63, 3.8) is 0 Å². The summed E-state index contributed by atoms with van der Waals surface area (Å²) in [6.45, 7) is 11.4. The molecule has 0 saturated heterocycles. The van der Waals surface area contributed by atoms with E-state index in [2.05, 4.69) is 81.6 Å². The topological polar surface area (TPSA) is 21.3 Å². The molecule has 1 aliphatic rings. The first-order valence-corrected chi connectivity index (χ1v) is 11.3. The van der Waals surface area contributed by atoms with E-state index in [0.717, 1.165) is 18.6 Å². The van der Waals surface area contributed by atoms with Crippen LogP contribution in [0.25, 0.3) is 0 Å². The molecule has 1 heterocycles. The van der Waals surface area contributed by atoms with Gasteiger partial charge in [-0.2, -0.15) is 0 Å². The lowest BCUT2D eigenvalue weighted by Crippen LogP contribution is -2.43. The number of anilines is 2. The minimum absolute atomic E-state index is 0.217. The number of hydrogen-bond donors (Lipinski definition) is 1. The summed E-state index contributed by atoms with van der Waals surface area (Å²) in [5, 5.41) is 3.80. The van der Waals surface area contributed by atoms with Crippen molar-refractivity contribution in [2.45, 2.75) is 51.7 Å². The fraction of sp³-hybridized carbons (Fsp3) is 0.400. The Balaban J connectivity index is 1.87. The maximum atomic E-state index is 6.46. The first-order valence-electron chi connectivity index (χ1n) is 8.43. The smallest absolute Gasteiger partial charge is 0.250 e. The second kappa shape index (κ2) is 5.71. The predicted molar refractivity (Wildman–Crippen MR) is 101 cm³/mol. The van der Waals surface area contributed by atoms with Gasteiger partial charge in [-0.3, -0.25) is 0 Å². The Hall–Kier alpha value is -1.74. The van der Waals surface area contributed by atoms with Crippen LogP contribution < -0.4 is 9.74 Å². The monoisotopic (exact) mass is 325 g/mol. The molecule has 1 aliphatic heterocycles. The standard InChI is InChI=1S/C20H27NOSi/c1-20(2,3)23(4,5)22-17-12-13-19-16(14-17)11-10-15-8-6-7-9-18(15)21-19/h6-9,12-14,21H,10-11H2,1-5H3. The number of rotatable bonds is 2. The van der Waals surface area contributed by atoms with Crippen LogP contribution in [0.4, 0.5) is 11.4 Å². The molecule has 3 heteroatoms. The number of benzene rings is 2. The van der Waals surface area contributed by atoms with Crippen molar-refractivity contribution in [3.8, 4) is 5.75 Å². The van der Waals surface area contributed by atoms with Crippen LogP contribution in [0.5, 0.6) is 5.75 Å². The molecule has 0 spiro atoms. The van der Waals surface area contributed by atoms with E-state index in [1.807, 2.05) is 0 Å². The van der Waals surface area contributed by atoms with Gasteiger partial charge < -0.3 is 9.74 Å². The highest BCUT2D eigenvalue weighted by Crippen LogP contribution is 2.39. The lowest BCUT2D eigenvalue weighted by atomic mass is 10.0. The Morgan fingerprint density at radius 3 is 2.30 bits per heavy atom. The minimum Gasteiger partial charge on any atom is -0.543 e. The molecule has 0 aliphatic carbocycles. The SMILES string of the molecule is CC(C)(C)[Si](C)(C)Oc1ccc2c(c1)CCc1ccccc1N2. The van der Waals surface area contributed by atoms with Crippen LogP contribution in [0.2, 0.25) is 18.1 Å². The molecule has 2 aromatic rings. The van der Waals surface area contributed by atoms with Gasteiger partial charge in [-0.15, -0.1) is 0 Å². The molecular weight excluding hydrogens is 298 g/mol. The van der Waals surface area contributed by atoms with Crippen molar-refractivity contribution in [1.82, 2.24) is 0 Å². The number of nitrogens with one attached hydrogen (secondary N) is 1. The summed E-state index contributed by atoms with van der Waals surface area (Å²) in [5.41, 5.74) is 5.16. The van der Waals surface area contributed by atoms with Crippen LogP contribution in [-0.2, 0) is 12.8 Å². The van der Waals surface area contributed by atoms with Crippen molar-refractivity contribution in [2.75, 3.05) is 5.32 Å². The zero-order valence-corrected chi connectivity index (χ0v) is 15.9. The van der Waals surface area contributed by atoms with Crippen LogP contribution in [-0.4, -0.2) is 8.32 Å². The van der Waals surface area contributed by atoms with Crippen LogP contribution in [0.3, 0.4) is 0 Å². The van der Waals surface area contributed by atoms with E-state index < -0.39 is 8.32 Å². The molecular formula is C20H27NOSi. The largest absolute Gasteiger partial charge is 0.543 e. The van der Waals surface area contributed by atoms with Gasteiger partial charge in [0.1, 0.15) is 5.75 Å². The molecule has 23 heavy (non-hydrogen) atoms. The second-order valence-corrected chi connectivity index (χ2v) is 12.7. The molecule has 0 radical (unpaired) electrons. The van der Waals surface area contributed by atoms with Crippen LogP contribution in [0.1, 0.15) is 31.9 Å². The third-order valence-corrected chi connectivity index (χ3v) is 9.56. The van der Waals surface area contributed by atoms with Gasteiger partial charge in [-0.25, -0.2) is 0 Å². The summed E-state index contributed by atoms with van der Waals surface area (Å²) in [7, 11) is -1.79. The summed E-state index contributed by atoms with van der Waals surface area (Å²) in [5.74, 6) is 1.02. The average Bonchev–Trinajstić information content (AvgIpc) is 2.64. The van der Waals surface area contributed by atoms with Crippen molar-refractivity contribution in [2.24, 2.45) is 0 Å². The van der Waals surface area contributed by atoms with Crippen LogP contribution in [0, 0.1) is 0 Å². The zero-order valence-electron chi connectivity index (χ0n) is 14.9. The van der Waals surface area contributed by atoms with Crippen molar-refractivity contribution >= 4 is 19.7 Å². The summed E-state index contributed by atoms with van der Waals surface area (Å²) >= 11 is 0. The van der Waals surface area contributed by atoms with Crippen molar-refractivity contribution in [3.05, 3.63) is 53.6 Å². The van der Waals surface area contributed by atoms with Crippen LogP contribution in [0.15, 0.2) is 42.5 Å². The summed E-state index contributed by atoms with van der Waals surface area (Å²) in [6.07, 6.45) is 2.12. The van der Waals surface area contributed by atoms with Crippen molar-refractivity contribution in [1.29, 1.82) is 0 Å². The van der Waals surface area contributed by atoms with Gasteiger partial charge in [-0.1, -0.05) is 39.0 Å². The number of aryl methyl sites for hydroxylation is 2. The van der Waals surface area contributed by atoms with Crippen LogP contribution >= 0.6 is 0 Å². The second-order valence-electron chi connectivity index (χ2n) is 7.96. The molecule has 2 nitrogen and oxygen atoms in total. The lowest BCUT2D eigenvalue weighted by molar-refractivity contribution is 0.491. The zero-order chi connectivity index (χ0) is 16.7. The number of para-hydroxylation sites is 1. The van der Waals surface area contributed by atoms with E-state index in [-0.39, 0.29) is 5.04 Å². The number of hydrogen-bond acceptors (Lipinski definition) is 2. The Bertz CT molecular complexity index is 716. The Labute approximate surface area is 141 Å². The van der Waals surface area contributed by atoms with E-state index in [1.165, 1.54) is 22.5 Å². The fourth-order valence-electron chi connectivity index (χ4n) is 2.68. The minimum atomic E-state index is -1.79. The van der Waals surface area contributed by atoms with Crippen molar-refractivity contribution < 1.29 is 4.43 Å². The molecule has 1 N–H and O–H groups in total. The normalized spacial score (nSPS) is 14.3. The molecule has 0 fully saturated rings. The first kappa shape index (κ1) is 16.1. The van der Waals surface area contributed by atoms with Gasteiger partial charge >= 0.3 is 0 Å². The highest BCUT2D eigenvalue weighted by molar-refractivity contribution is 6.74. The lowest BCUT2D eigenvalue weighted by Gasteiger charge is -2.36. The summed E-state index contributed by atoms with van der Waals surface area (Å²) in [4.78, 5) is 0. The van der Waals surface area contributed by atoms with E-state index in [9.17, 15) is 0 Å². The Morgan fingerprint density at radius 2 is 1.57 bits per heavy atom. The summed E-state index contributed by atoms with van der Waals surface area (Å²) in [6, 6.07) is 15.1. The fourth-order valence-corrected chi connectivity index (χ4v) is 3.71. The average molecular weight is 326 g/mol. The van der Waals surface area contributed by atoms with E-state index in [0.29, 0.717) is 0 Å². The third kappa shape index (κ3) is 3.30. The molecule has 2 aromatic carbocycles. The molecule has 0 unspecified atom stereocenters. The molecule has 122 valence electrons. The maximum absolute atomic E-state index is 6.46. The molecule has 0 saturated carbocycles. The molecule has 0 aromatic heterocycles. The molecule has 3 rings (SSSR count). The van der Waals surface area contributed by atoms with Gasteiger partial charge in [0.15, 0.2) is 0 Å².